The van der Waals surface area contributed by atoms with Crippen LogP contribution in [0.4, 0.5) is 0 Å². The van der Waals surface area contributed by atoms with E-state index in [0.29, 0.717) is 12.0 Å². The third-order valence-corrected chi connectivity index (χ3v) is 4.90. The van der Waals surface area contributed by atoms with Crippen LogP contribution in [0.3, 0.4) is 0 Å². The molecule has 1 saturated carbocycles. The van der Waals surface area contributed by atoms with Crippen LogP contribution in [0.2, 0.25) is 0 Å². The molecule has 2 fully saturated rings. The number of ketones is 1. The van der Waals surface area contributed by atoms with Crippen molar-refractivity contribution >= 4 is 11.8 Å². The molecule has 0 spiro atoms. The number of carbonyl (C=O) groups excluding carboxylic acids is 2. The maximum Gasteiger partial charge on any atom is 0.334 e. The second-order valence-corrected chi connectivity index (χ2v) is 5.98. The first kappa shape index (κ1) is 12.6. The van der Waals surface area contributed by atoms with E-state index in [1.807, 2.05) is 13.8 Å². The van der Waals surface area contributed by atoms with Crippen LogP contribution in [0.1, 0.15) is 20.3 Å². The molecule has 0 amide bonds. The van der Waals surface area contributed by atoms with Crippen molar-refractivity contribution in [1.29, 1.82) is 0 Å². The van der Waals surface area contributed by atoms with Gasteiger partial charge in [-0.2, -0.15) is 0 Å². The first-order chi connectivity index (χ1) is 8.91. The van der Waals surface area contributed by atoms with Crippen LogP contribution in [0.5, 0.6) is 0 Å². The molecule has 102 valence electrons. The summed E-state index contributed by atoms with van der Waals surface area (Å²) < 4.78 is 5.32. The maximum atomic E-state index is 11.9. The fourth-order valence-corrected chi connectivity index (χ4v) is 3.80. The Labute approximate surface area is 112 Å². The summed E-state index contributed by atoms with van der Waals surface area (Å²) >= 11 is 0. The Hall–Kier alpha value is -1.42. The summed E-state index contributed by atoms with van der Waals surface area (Å²) in [5.41, 5.74) is 1.35. The van der Waals surface area contributed by atoms with E-state index in [1.165, 1.54) is 0 Å². The molecule has 19 heavy (non-hydrogen) atoms. The fourth-order valence-electron chi connectivity index (χ4n) is 3.80. The van der Waals surface area contributed by atoms with Crippen molar-refractivity contribution in [3.63, 3.8) is 0 Å². The van der Waals surface area contributed by atoms with Gasteiger partial charge < -0.3 is 9.84 Å². The van der Waals surface area contributed by atoms with Gasteiger partial charge in [0.05, 0.1) is 12.0 Å². The molecule has 2 aliphatic carbocycles. The zero-order valence-corrected chi connectivity index (χ0v) is 11.1. The second-order valence-electron chi connectivity index (χ2n) is 5.98. The minimum absolute atomic E-state index is 0.0696. The number of esters is 1. The van der Waals surface area contributed by atoms with Gasteiger partial charge in [-0.05, 0) is 18.4 Å². The smallest absolute Gasteiger partial charge is 0.334 e. The quantitative estimate of drug-likeness (QED) is 0.527. The number of aliphatic hydroxyl groups is 1. The Morgan fingerprint density at radius 1 is 1.32 bits per heavy atom. The highest BCUT2D eigenvalue weighted by Gasteiger charge is 2.53. The van der Waals surface area contributed by atoms with E-state index >= 15 is 0 Å². The second kappa shape index (κ2) is 4.04. The number of hydrogen-bond acceptors (Lipinski definition) is 4. The number of aliphatic hydroxyl groups excluding tert-OH is 1. The number of allylic oxidation sites excluding steroid dienone is 1. The Morgan fingerprint density at radius 3 is 2.68 bits per heavy atom. The Kier molecular flexibility index (Phi) is 2.68. The van der Waals surface area contributed by atoms with Gasteiger partial charge in [-0.3, -0.25) is 4.79 Å². The van der Waals surface area contributed by atoms with Crippen LogP contribution in [0.25, 0.3) is 0 Å². The van der Waals surface area contributed by atoms with Crippen LogP contribution in [-0.4, -0.2) is 29.1 Å². The van der Waals surface area contributed by atoms with E-state index in [9.17, 15) is 14.7 Å². The average molecular weight is 262 g/mol. The Bertz CT molecular complexity index is 504. The Morgan fingerprint density at radius 2 is 2.00 bits per heavy atom. The largest absolute Gasteiger partial charge is 0.458 e. The zero-order valence-electron chi connectivity index (χ0n) is 11.1. The molecule has 0 aromatic carbocycles. The van der Waals surface area contributed by atoms with Gasteiger partial charge >= 0.3 is 5.97 Å². The number of ether oxygens (including phenoxy) is 1. The van der Waals surface area contributed by atoms with E-state index in [1.54, 1.807) is 6.08 Å². The van der Waals surface area contributed by atoms with Crippen LogP contribution in [0.15, 0.2) is 23.8 Å². The number of carbonyl (C=O) groups is 2. The summed E-state index contributed by atoms with van der Waals surface area (Å²) in [5.74, 6) is -1.01. The van der Waals surface area contributed by atoms with Crippen molar-refractivity contribution in [2.45, 2.75) is 32.5 Å². The zero-order chi connectivity index (χ0) is 13.9. The lowest BCUT2D eigenvalue weighted by Crippen LogP contribution is -2.36. The molecular weight excluding hydrogens is 244 g/mol. The Balaban J connectivity index is 2.03. The van der Waals surface area contributed by atoms with Crippen LogP contribution in [-0.2, 0) is 14.3 Å². The molecule has 4 nitrogen and oxygen atoms in total. The van der Waals surface area contributed by atoms with Gasteiger partial charge in [-0.1, -0.05) is 26.0 Å². The number of fused-ring (bicyclic) bond motifs is 2. The van der Waals surface area contributed by atoms with Gasteiger partial charge in [0.15, 0.2) is 5.78 Å². The van der Waals surface area contributed by atoms with Crippen molar-refractivity contribution < 1.29 is 19.4 Å². The minimum Gasteiger partial charge on any atom is -0.458 e. The predicted molar refractivity (Wildman–Crippen MR) is 68.0 cm³/mol. The molecule has 0 aromatic heterocycles. The molecule has 4 heteroatoms. The molecule has 0 radical (unpaired) electrons. The van der Waals surface area contributed by atoms with E-state index in [0.717, 1.165) is 5.57 Å². The van der Waals surface area contributed by atoms with Crippen molar-refractivity contribution in [3.8, 4) is 0 Å². The molecule has 3 aliphatic rings. The summed E-state index contributed by atoms with van der Waals surface area (Å²) in [6, 6.07) is 0. The van der Waals surface area contributed by atoms with Crippen molar-refractivity contribution in [1.82, 2.24) is 0 Å². The van der Waals surface area contributed by atoms with Crippen LogP contribution >= 0.6 is 0 Å². The molecule has 1 aliphatic heterocycles. The molecular formula is C15H18O4. The molecule has 1 saturated heterocycles. The summed E-state index contributed by atoms with van der Waals surface area (Å²) in [5, 5.41) is 10.6. The monoisotopic (exact) mass is 262 g/mol. The maximum absolute atomic E-state index is 11.9. The number of hydrogen-bond donors (Lipinski definition) is 1. The lowest BCUT2D eigenvalue weighted by Gasteiger charge is -2.27. The molecule has 0 unspecified atom stereocenters. The van der Waals surface area contributed by atoms with Gasteiger partial charge in [-0.25, -0.2) is 4.79 Å². The average Bonchev–Trinajstić information content (AvgIpc) is 2.75. The highest BCUT2D eigenvalue weighted by molar-refractivity contribution is 5.96. The normalized spacial score (nSPS) is 45.4. The highest BCUT2D eigenvalue weighted by atomic mass is 16.6. The van der Waals surface area contributed by atoms with E-state index < -0.39 is 12.1 Å². The summed E-state index contributed by atoms with van der Waals surface area (Å²) in [4.78, 5) is 23.5. The standard InChI is InChI=1S/C15H18O4/c1-6-4-11-13(8(3)15(18)19-11)14(17)12-7(2)10(16)5-9(6)12/h5-7,11-14,17H,3-4H2,1-2H3/t6-,7-,11-,12+,13-,14+/m0/s1. The van der Waals surface area contributed by atoms with Gasteiger partial charge in [0.25, 0.3) is 0 Å². The van der Waals surface area contributed by atoms with E-state index in [-0.39, 0.29) is 35.6 Å². The van der Waals surface area contributed by atoms with Crippen LogP contribution < -0.4 is 0 Å². The SMILES string of the molecule is C=C1C(=O)O[C@H]2C[C@H](C)C3=CC(=O)[C@H](C)[C@H]3[C@@H](O)[C@@H]12. The molecule has 3 rings (SSSR count). The lowest BCUT2D eigenvalue weighted by atomic mass is 9.79. The third kappa shape index (κ3) is 1.62. The molecule has 1 N–H and O–H groups in total. The predicted octanol–water partition coefficient (Wildman–Crippen LogP) is 1.25. The van der Waals surface area contributed by atoms with Crippen LogP contribution in [0, 0.1) is 23.7 Å². The van der Waals surface area contributed by atoms with E-state index in [2.05, 4.69) is 6.58 Å². The summed E-state index contributed by atoms with van der Waals surface area (Å²) in [7, 11) is 0. The topological polar surface area (TPSA) is 63.6 Å². The third-order valence-electron chi connectivity index (χ3n) is 4.90. The van der Waals surface area contributed by atoms with Crippen molar-refractivity contribution in [3.05, 3.63) is 23.8 Å². The highest BCUT2D eigenvalue weighted by Crippen LogP contribution is 2.48. The lowest BCUT2D eigenvalue weighted by molar-refractivity contribution is -0.140. The fraction of sp³-hybridized carbons (Fsp3) is 0.600. The molecule has 1 heterocycles. The summed E-state index contributed by atoms with van der Waals surface area (Å²) in [6.07, 6.45) is 1.25. The molecule has 0 aromatic rings. The number of rotatable bonds is 0. The molecule has 6 atom stereocenters. The van der Waals surface area contributed by atoms with E-state index in [4.69, 9.17) is 4.74 Å². The van der Waals surface area contributed by atoms with Crippen molar-refractivity contribution in [2.24, 2.45) is 23.7 Å². The first-order valence-corrected chi connectivity index (χ1v) is 6.75. The molecule has 0 bridgehead atoms. The van der Waals surface area contributed by atoms with Gasteiger partial charge in [-0.15, -0.1) is 0 Å². The van der Waals surface area contributed by atoms with Gasteiger partial charge in [0.2, 0.25) is 0 Å². The first-order valence-electron chi connectivity index (χ1n) is 6.75. The summed E-state index contributed by atoms with van der Waals surface area (Å²) in [6.45, 7) is 7.62. The van der Waals surface area contributed by atoms with Gasteiger partial charge in [0, 0.05) is 17.4 Å². The minimum atomic E-state index is -0.762. The van der Waals surface area contributed by atoms with Gasteiger partial charge in [0.1, 0.15) is 6.10 Å². The van der Waals surface area contributed by atoms with Crippen molar-refractivity contribution in [2.75, 3.05) is 0 Å².